The Labute approximate surface area is 147 Å². The van der Waals surface area contributed by atoms with Gasteiger partial charge in [0, 0.05) is 19.5 Å². The summed E-state index contributed by atoms with van der Waals surface area (Å²) in [6.45, 7) is 14.2. The minimum absolute atomic E-state index is 0.136. The molecular formula is C21H33NO2. The van der Waals surface area contributed by atoms with Gasteiger partial charge in [-0.3, -0.25) is 4.79 Å². The SMILES string of the molecule is CC(C)(C)c1cc(CN2CCCCCC2=O)cc(C(C)(C)C)c1O. The predicted octanol–water partition coefficient (Wildman–Crippen LogP) is 4.89. The summed E-state index contributed by atoms with van der Waals surface area (Å²) in [7, 11) is 0. The lowest BCUT2D eigenvalue weighted by Crippen LogP contribution is -2.30. The second kappa shape index (κ2) is 6.78. The van der Waals surface area contributed by atoms with Crippen molar-refractivity contribution in [3.8, 4) is 5.75 Å². The molecule has 1 aromatic carbocycles. The number of carbonyl (C=O) groups is 1. The lowest BCUT2D eigenvalue weighted by atomic mass is 9.78. The van der Waals surface area contributed by atoms with Crippen LogP contribution in [-0.2, 0) is 22.2 Å². The highest BCUT2D eigenvalue weighted by Gasteiger charge is 2.27. The third-order valence-corrected chi connectivity index (χ3v) is 4.83. The van der Waals surface area contributed by atoms with Crippen molar-refractivity contribution in [2.24, 2.45) is 0 Å². The van der Waals surface area contributed by atoms with Gasteiger partial charge in [-0.1, -0.05) is 48.0 Å². The number of hydrogen-bond acceptors (Lipinski definition) is 2. The van der Waals surface area contributed by atoms with Crippen molar-refractivity contribution in [1.82, 2.24) is 4.90 Å². The Bertz CT molecular complexity index is 570. The van der Waals surface area contributed by atoms with Crippen LogP contribution in [0.2, 0.25) is 0 Å². The quantitative estimate of drug-likeness (QED) is 0.838. The van der Waals surface area contributed by atoms with Crippen LogP contribution < -0.4 is 0 Å². The molecule has 0 spiro atoms. The van der Waals surface area contributed by atoms with Crippen molar-refractivity contribution in [3.05, 3.63) is 28.8 Å². The maximum atomic E-state index is 12.3. The normalized spacial score (nSPS) is 17.1. The number of likely N-dealkylation sites (tertiary alicyclic amines) is 1. The van der Waals surface area contributed by atoms with Gasteiger partial charge >= 0.3 is 0 Å². The smallest absolute Gasteiger partial charge is 0.222 e. The molecule has 1 N–H and O–H groups in total. The standard InChI is InChI=1S/C21H33NO2/c1-20(2,3)16-12-15(13-17(19(16)24)21(4,5)6)14-22-11-9-7-8-10-18(22)23/h12-13,24H,7-11,14H2,1-6H3. The fourth-order valence-corrected chi connectivity index (χ4v) is 3.36. The molecule has 24 heavy (non-hydrogen) atoms. The van der Waals surface area contributed by atoms with Gasteiger partial charge in [0.25, 0.3) is 0 Å². The molecule has 0 bridgehead atoms. The van der Waals surface area contributed by atoms with E-state index in [0.29, 0.717) is 18.7 Å². The topological polar surface area (TPSA) is 40.5 Å². The van der Waals surface area contributed by atoms with Crippen LogP contribution >= 0.6 is 0 Å². The molecule has 1 aromatic rings. The number of aromatic hydroxyl groups is 1. The van der Waals surface area contributed by atoms with Crippen molar-refractivity contribution in [2.45, 2.75) is 84.6 Å². The molecule has 3 heteroatoms. The van der Waals surface area contributed by atoms with E-state index in [4.69, 9.17) is 0 Å². The maximum absolute atomic E-state index is 12.3. The van der Waals surface area contributed by atoms with Crippen molar-refractivity contribution < 1.29 is 9.90 Å². The Morgan fingerprint density at radius 3 is 2.00 bits per heavy atom. The molecule has 1 amide bonds. The third-order valence-electron chi connectivity index (χ3n) is 4.83. The van der Waals surface area contributed by atoms with E-state index in [1.165, 1.54) is 0 Å². The minimum Gasteiger partial charge on any atom is -0.507 e. The Kier molecular flexibility index (Phi) is 5.31. The van der Waals surface area contributed by atoms with E-state index in [-0.39, 0.29) is 16.7 Å². The zero-order valence-corrected chi connectivity index (χ0v) is 16.2. The molecule has 0 unspecified atom stereocenters. The summed E-state index contributed by atoms with van der Waals surface area (Å²) in [4.78, 5) is 14.3. The van der Waals surface area contributed by atoms with Crippen LogP contribution in [0, 0.1) is 0 Å². The molecule has 0 radical (unpaired) electrons. The summed E-state index contributed by atoms with van der Waals surface area (Å²) >= 11 is 0. The summed E-state index contributed by atoms with van der Waals surface area (Å²) in [6, 6.07) is 4.17. The largest absolute Gasteiger partial charge is 0.507 e. The van der Waals surface area contributed by atoms with E-state index >= 15 is 0 Å². The van der Waals surface area contributed by atoms with Crippen molar-refractivity contribution in [2.75, 3.05) is 6.54 Å². The number of nitrogens with zero attached hydrogens (tertiary/aromatic N) is 1. The van der Waals surface area contributed by atoms with Gasteiger partial charge in [0.1, 0.15) is 5.75 Å². The lowest BCUT2D eigenvalue weighted by Gasteiger charge is -2.29. The summed E-state index contributed by atoms with van der Waals surface area (Å²) in [5, 5.41) is 10.8. The highest BCUT2D eigenvalue weighted by atomic mass is 16.3. The van der Waals surface area contributed by atoms with E-state index in [1.54, 1.807) is 0 Å². The number of rotatable bonds is 2. The minimum atomic E-state index is -0.136. The molecule has 0 saturated carbocycles. The molecule has 1 aliphatic heterocycles. The van der Waals surface area contributed by atoms with Gasteiger partial charge in [0.05, 0.1) is 0 Å². The van der Waals surface area contributed by atoms with Gasteiger partial charge in [-0.05, 0) is 52.5 Å². The van der Waals surface area contributed by atoms with E-state index in [1.807, 2.05) is 4.90 Å². The zero-order valence-electron chi connectivity index (χ0n) is 16.2. The molecule has 2 rings (SSSR count). The fourth-order valence-electron chi connectivity index (χ4n) is 3.36. The predicted molar refractivity (Wildman–Crippen MR) is 99.4 cm³/mol. The Balaban J connectivity index is 2.44. The number of hydrogen-bond donors (Lipinski definition) is 1. The Morgan fingerprint density at radius 1 is 0.958 bits per heavy atom. The van der Waals surface area contributed by atoms with Crippen LogP contribution in [0.3, 0.4) is 0 Å². The van der Waals surface area contributed by atoms with E-state index in [9.17, 15) is 9.90 Å². The number of amides is 1. The molecule has 0 aromatic heterocycles. The summed E-state index contributed by atoms with van der Waals surface area (Å²) in [6.07, 6.45) is 3.89. The van der Waals surface area contributed by atoms with Gasteiger partial charge in [-0.25, -0.2) is 0 Å². The molecule has 1 saturated heterocycles. The molecule has 1 heterocycles. The molecule has 0 atom stereocenters. The summed E-state index contributed by atoms with van der Waals surface area (Å²) in [5.74, 6) is 0.663. The first-order valence-electron chi connectivity index (χ1n) is 9.15. The van der Waals surface area contributed by atoms with Crippen LogP contribution in [0.25, 0.3) is 0 Å². The zero-order chi connectivity index (χ0) is 18.1. The van der Waals surface area contributed by atoms with Crippen molar-refractivity contribution in [1.29, 1.82) is 0 Å². The van der Waals surface area contributed by atoms with E-state index in [0.717, 1.165) is 42.5 Å². The van der Waals surface area contributed by atoms with E-state index in [2.05, 4.69) is 53.7 Å². The van der Waals surface area contributed by atoms with Gasteiger partial charge in [-0.2, -0.15) is 0 Å². The summed E-state index contributed by atoms with van der Waals surface area (Å²) < 4.78 is 0. The van der Waals surface area contributed by atoms with Crippen LogP contribution in [0.4, 0.5) is 0 Å². The van der Waals surface area contributed by atoms with Crippen LogP contribution in [0.15, 0.2) is 12.1 Å². The Morgan fingerprint density at radius 2 is 1.50 bits per heavy atom. The highest BCUT2D eigenvalue weighted by molar-refractivity contribution is 5.76. The van der Waals surface area contributed by atoms with Gasteiger partial charge in [0.2, 0.25) is 5.91 Å². The highest BCUT2D eigenvalue weighted by Crippen LogP contribution is 2.40. The monoisotopic (exact) mass is 331 g/mol. The average Bonchev–Trinajstić information content (AvgIpc) is 2.63. The second-order valence-electron chi connectivity index (χ2n) is 9.17. The number of phenolic OH excluding ortho intramolecular Hbond substituents is 1. The second-order valence-corrected chi connectivity index (χ2v) is 9.17. The number of benzene rings is 1. The molecule has 134 valence electrons. The first kappa shape index (κ1) is 18.8. The first-order chi connectivity index (χ1) is 11.0. The van der Waals surface area contributed by atoms with Gasteiger partial charge < -0.3 is 10.0 Å². The number of carbonyl (C=O) groups excluding carboxylic acids is 1. The van der Waals surface area contributed by atoms with Gasteiger partial charge in [0.15, 0.2) is 0 Å². The third kappa shape index (κ3) is 4.31. The molecule has 3 nitrogen and oxygen atoms in total. The van der Waals surface area contributed by atoms with Crippen molar-refractivity contribution >= 4 is 5.91 Å². The average molecular weight is 332 g/mol. The number of phenols is 1. The van der Waals surface area contributed by atoms with Crippen LogP contribution in [0.5, 0.6) is 5.75 Å². The van der Waals surface area contributed by atoms with Crippen molar-refractivity contribution in [3.63, 3.8) is 0 Å². The lowest BCUT2D eigenvalue weighted by molar-refractivity contribution is -0.131. The molecule has 1 aliphatic rings. The van der Waals surface area contributed by atoms with E-state index < -0.39 is 0 Å². The maximum Gasteiger partial charge on any atom is 0.222 e. The first-order valence-corrected chi connectivity index (χ1v) is 9.15. The van der Waals surface area contributed by atoms with Crippen LogP contribution in [-0.4, -0.2) is 22.5 Å². The van der Waals surface area contributed by atoms with Gasteiger partial charge in [-0.15, -0.1) is 0 Å². The molecule has 1 fully saturated rings. The summed E-state index contributed by atoms with van der Waals surface area (Å²) in [5.41, 5.74) is 2.78. The fraction of sp³-hybridized carbons (Fsp3) is 0.667. The van der Waals surface area contributed by atoms with Crippen LogP contribution in [0.1, 0.15) is 83.9 Å². The molecular weight excluding hydrogens is 298 g/mol. The molecule has 0 aliphatic carbocycles. The Hall–Kier alpha value is -1.51.